The molecule has 0 atom stereocenters. The van der Waals surface area contributed by atoms with Crippen molar-refractivity contribution in [1.82, 2.24) is 0 Å². The first-order valence-electron chi connectivity index (χ1n) is 6.05. The molecule has 0 aromatic heterocycles. The summed E-state index contributed by atoms with van der Waals surface area (Å²) in [6.45, 7) is 1.89. The van der Waals surface area contributed by atoms with Gasteiger partial charge in [0.1, 0.15) is 5.78 Å². The molecule has 2 heteroatoms. The average molecular weight is 259 g/mol. The fraction of sp³-hybridized carbons (Fsp3) is 0.188. The van der Waals surface area contributed by atoms with Gasteiger partial charge in [0.15, 0.2) is 0 Å². The van der Waals surface area contributed by atoms with Gasteiger partial charge >= 0.3 is 0 Å². The molecule has 0 spiro atoms. The zero-order valence-corrected chi connectivity index (χ0v) is 11.1. The molecule has 0 bridgehead atoms. The number of hydrogen-bond donors (Lipinski definition) is 0. The van der Waals surface area contributed by atoms with Gasteiger partial charge in [-0.15, -0.1) is 0 Å². The molecular formula is C16H15ClO. The number of carbonyl (C=O) groups is 1. The van der Waals surface area contributed by atoms with E-state index in [1.54, 1.807) is 0 Å². The molecular weight excluding hydrogens is 244 g/mol. The van der Waals surface area contributed by atoms with Crippen molar-refractivity contribution in [2.45, 2.75) is 19.8 Å². The van der Waals surface area contributed by atoms with Gasteiger partial charge in [-0.1, -0.05) is 54.9 Å². The number of ketones is 1. The molecule has 0 aliphatic rings. The van der Waals surface area contributed by atoms with E-state index >= 15 is 0 Å². The number of benzene rings is 2. The van der Waals surface area contributed by atoms with Crippen LogP contribution in [0.2, 0.25) is 5.02 Å². The summed E-state index contributed by atoms with van der Waals surface area (Å²) in [5, 5.41) is 0.740. The summed E-state index contributed by atoms with van der Waals surface area (Å²) in [4.78, 5) is 11.4. The van der Waals surface area contributed by atoms with Gasteiger partial charge < -0.3 is 0 Å². The van der Waals surface area contributed by atoms with Crippen LogP contribution in [0, 0.1) is 0 Å². The highest BCUT2D eigenvalue weighted by atomic mass is 35.5. The van der Waals surface area contributed by atoms with Gasteiger partial charge in [0, 0.05) is 17.9 Å². The number of hydrogen-bond acceptors (Lipinski definition) is 1. The van der Waals surface area contributed by atoms with Crippen molar-refractivity contribution in [2.75, 3.05) is 0 Å². The van der Waals surface area contributed by atoms with Crippen molar-refractivity contribution in [3.63, 3.8) is 0 Å². The molecule has 1 nitrogen and oxygen atoms in total. The molecule has 0 amide bonds. The average Bonchev–Trinajstić information content (AvgIpc) is 2.40. The summed E-state index contributed by atoms with van der Waals surface area (Å²) in [6.07, 6.45) is 1.12. The molecule has 18 heavy (non-hydrogen) atoms. The minimum Gasteiger partial charge on any atom is -0.299 e. The molecule has 0 fully saturated rings. The molecule has 2 rings (SSSR count). The maximum atomic E-state index is 11.4. The lowest BCUT2D eigenvalue weighted by atomic mass is 10.0. The van der Waals surface area contributed by atoms with Crippen LogP contribution in [-0.4, -0.2) is 5.78 Å². The van der Waals surface area contributed by atoms with E-state index in [-0.39, 0.29) is 5.78 Å². The number of carbonyl (C=O) groups excluding carboxylic acids is 1. The first-order valence-corrected chi connectivity index (χ1v) is 6.43. The Hall–Kier alpha value is -1.60. The van der Waals surface area contributed by atoms with Crippen molar-refractivity contribution in [1.29, 1.82) is 0 Å². The quantitative estimate of drug-likeness (QED) is 0.788. The minimum atomic E-state index is 0.272. The molecule has 0 aliphatic carbocycles. The zero-order valence-electron chi connectivity index (χ0n) is 10.3. The molecule has 0 saturated heterocycles. The van der Waals surface area contributed by atoms with Crippen molar-refractivity contribution in [3.8, 4) is 11.1 Å². The van der Waals surface area contributed by atoms with E-state index in [9.17, 15) is 4.79 Å². The van der Waals surface area contributed by atoms with E-state index in [0.717, 1.165) is 21.7 Å². The number of Topliss-reactive ketones (excluding diaryl/α,β-unsaturated/α-hetero) is 1. The molecule has 0 heterocycles. The third-order valence-electron chi connectivity index (χ3n) is 2.93. The molecule has 0 N–H and O–H groups in total. The first-order chi connectivity index (χ1) is 8.69. The van der Waals surface area contributed by atoms with Crippen molar-refractivity contribution < 1.29 is 4.79 Å². The Morgan fingerprint density at radius 2 is 1.44 bits per heavy atom. The van der Waals surface area contributed by atoms with E-state index in [1.807, 2.05) is 55.5 Å². The van der Waals surface area contributed by atoms with Gasteiger partial charge in [0.05, 0.1) is 0 Å². The Morgan fingerprint density at radius 1 is 0.944 bits per heavy atom. The topological polar surface area (TPSA) is 17.1 Å². The monoisotopic (exact) mass is 258 g/mol. The Bertz CT molecular complexity index is 526. The van der Waals surface area contributed by atoms with E-state index in [1.165, 1.54) is 0 Å². The van der Waals surface area contributed by atoms with E-state index in [0.29, 0.717) is 12.8 Å². The largest absolute Gasteiger partial charge is 0.299 e. The summed E-state index contributed by atoms with van der Waals surface area (Å²) >= 11 is 5.86. The lowest BCUT2D eigenvalue weighted by Gasteiger charge is -2.04. The highest BCUT2D eigenvalue weighted by molar-refractivity contribution is 6.30. The second-order valence-electron chi connectivity index (χ2n) is 4.27. The van der Waals surface area contributed by atoms with Crippen LogP contribution in [0.25, 0.3) is 11.1 Å². The second kappa shape index (κ2) is 5.83. The summed E-state index contributed by atoms with van der Waals surface area (Å²) in [7, 11) is 0. The van der Waals surface area contributed by atoms with Gasteiger partial charge in [-0.25, -0.2) is 0 Å². The van der Waals surface area contributed by atoms with Crippen molar-refractivity contribution >= 4 is 17.4 Å². The Kier molecular flexibility index (Phi) is 4.16. The van der Waals surface area contributed by atoms with Gasteiger partial charge in [0.25, 0.3) is 0 Å². The highest BCUT2D eigenvalue weighted by Crippen LogP contribution is 2.22. The van der Waals surface area contributed by atoms with E-state index < -0.39 is 0 Å². The molecule has 0 radical (unpaired) electrons. The zero-order chi connectivity index (χ0) is 13.0. The van der Waals surface area contributed by atoms with Crippen LogP contribution in [0.4, 0.5) is 0 Å². The van der Waals surface area contributed by atoms with Crippen molar-refractivity contribution in [2.24, 2.45) is 0 Å². The summed E-state index contributed by atoms with van der Waals surface area (Å²) in [6, 6.07) is 15.9. The van der Waals surface area contributed by atoms with Crippen LogP contribution >= 0.6 is 11.6 Å². The maximum Gasteiger partial charge on any atom is 0.136 e. The second-order valence-corrected chi connectivity index (χ2v) is 4.71. The van der Waals surface area contributed by atoms with Crippen LogP contribution in [0.5, 0.6) is 0 Å². The predicted octanol–water partition coefficient (Wildman–Crippen LogP) is 4.53. The van der Waals surface area contributed by atoms with Crippen LogP contribution in [0.1, 0.15) is 18.9 Å². The number of halogens is 1. The normalized spacial score (nSPS) is 10.3. The standard InChI is InChI=1S/C16H15ClO/c1-2-16(18)11-12-3-5-13(6-4-12)14-7-9-15(17)10-8-14/h3-10H,2,11H2,1H3. The Morgan fingerprint density at radius 3 is 1.94 bits per heavy atom. The molecule has 2 aromatic rings. The maximum absolute atomic E-state index is 11.4. The predicted molar refractivity (Wildman–Crippen MR) is 75.9 cm³/mol. The molecule has 2 aromatic carbocycles. The van der Waals surface area contributed by atoms with Gasteiger partial charge in [-0.05, 0) is 28.8 Å². The first kappa shape index (κ1) is 12.8. The van der Waals surface area contributed by atoms with Gasteiger partial charge in [-0.3, -0.25) is 4.79 Å². The Balaban J connectivity index is 2.17. The highest BCUT2D eigenvalue weighted by Gasteiger charge is 2.02. The lowest BCUT2D eigenvalue weighted by Crippen LogP contribution is -1.99. The molecule has 0 saturated carbocycles. The SMILES string of the molecule is CCC(=O)Cc1ccc(-c2ccc(Cl)cc2)cc1. The molecule has 0 aliphatic heterocycles. The summed E-state index contributed by atoms with van der Waals surface area (Å²) in [5.74, 6) is 0.272. The summed E-state index contributed by atoms with van der Waals surface area (Å²) in [5.41, 5.74) is 3.34. The minimum absolute atomic E-state index is 0.272. The number of rotatable bonds is 4. The fourth-order valence-electron chi connectivity index (χ4n) is 1.81. The van der Waals surface area contributed by atoms with Crippen LogP contribution < -0.4 is 0 Å². The lowest BCUT2D eigenvalue weighted by molar-refractivity contribution is -0.118. The third-order valence-corrected chi connectivity index (χ3v) is 3.18. The smallest absolute Gasteiger partial charge is 0.136 e. The van der Waals surface area contributed by atoms with Crippen molar-refractivity contribution in [3.05, 3.63) is 59.1 Å². The fourth-order valence-corrected chi connectivity index (χ4v) is 1.94. The van der Waals surface area contributed by atoms with E-state index in [4.69, 9.17) is 11.6 Å². The van der Waals surface area contributed by atoms with Gasteiger partial charge in [-0.2, -0.15) is 0 Å². The van der Waals surface area contributed by atoms with Crippen LogP contribution in [0.3, 0.4) is 0 Å². The van der Waals surface area contributed by atoms with Crippen LogP contribution in [0.15, 0.2) is 48.5 Å². The molecule has 0 unspecified atom stereocenters. The summed E-state index contributed by atoms with van der Waals surface area (Å²) < 4.78 is 0. The molecule has 92 valence electrons. The van der Waals surface area contributed by atoms with Crippen LogP contribution in [-0.2, 0) is 11.2 Å². The third kappa shape index (κ3) is 3.21. The van der Waals surface area contributed by atoms with E-state index in [2.05, 4.69) is 0 Å². The Labute approximate surface area is 112 Å². The van der Waals surface area contributed by atoms with Gasteiger partial charge in [0.2, 0.25) is 0 Å².